The highest BCUT2D eigenvalue weighted by Gasteiger charge is 2.29. The van der Waals surface area contributed by atoms with Gasteiger partial charge in [-0.1, -0.05) is 42.0 Å². The normalized spacial score (nSPS) is 14.6. The van der Waals surface area contributed by atoms with Crippen molar-refractivity contribution in [1.29, 1.82) is 0 Å². The lowest BCUT2D eigenvalue weighted by Gasteiger charge is -2.19. The van der Waals surface area contributed by atoms with Crippen LogP contribution in [-0.2, 0) is 10.0 Å². The zero-order valence-electron chi connectivity index (χ0n) is 26.0. The van der Waals surface area contributed by atoms with Gasteiger partial charge in [0.05, 0.1) is 19.3 Å². The van der Waals surface area contributed by atoms with Crippen LogP contribution in [0.25, 0.3) is 11.1 Å². The van der Waals surface area contributed by atoms with Crippen LogP contribution in [0.2, 0.25) is 0 Å². The van der Waals surface area contributed by atoms with E-state index in [2.05, 4.69) is 4.72 Å². The largest absolute Gasteiger partial charge is 0.495 e. The lowest BCUT2D eigenvalue weighted by Crippen LogP contribution is -2.31. The number of anilines is 1. The van der Waals surface area contributed by atoms with Gasteiger partial charge in [-0.25, -0.2) is 8.42 Å². The molecule has 1 aliphatic rings. The molecule has 5 rings (SSSR count). The summed E-state index contributed by atoms with van der Waals surface area (Å²) in [5.41, 5.74) is 4.86. The molecule has 1 saturated heterocycles. The van der Waals surface area contributed by atoms with E-state index in [9.17, 15) is 18.0 Å². The quantitative estimate of drug-likeness (QED) is 0.253. The van der Waals surface area contributed by atoms with E-state index in [0.29, 0.717) is 53.2 Å². The monoisotopic (exact) mass is 627 g/mol. The molecule has 0 spiro atoms. The summed E-state index contributed by atoms with van der Waals surface area (Å²) in [6.07, 6.45) is 0.441. The maximum absolute atomic E-state index is 13.6. The van der Waals surface area contributed by atoms with Crippen LogP contribution >= 0.6 is 0 Å². The highest BCUT2D eigenvalue weighted by Crippen LogP contribution is 2.32. The Hall–Kier alpha value is -4.83. The summed E-state index contributed by atoms with van der Waals surface area (Å²) >= 11 is 0. The van der Waals surface area contributed by atoms with Gasteiger partial charge in [0.1, 0.15) is 22.5 Å². The summed E-state index contributed by atoms with van der Waals surface area (Å²) < 4.78 is 41.5. The molecule has 1 aliphatic heterocycles. The molecule has 1 atom stereocenters. The molecule has 0 radical (unpaired) electrons. The van der Waals surface area contributed by atoms with Gasteiger partial charge in [0.25, 0.3) is 21.8 Å². The third-order valence-corrected chi connectivity index (χ3v) is 9.14. The van der Waals surface area contributed by atoms with Crippen LogP contribution in [0.5, 0.6) is 11.5 Å². The lowest BCUT2D eigenvalue weighted by molar-refractivity contribution is 0.0771. The Morgan fingerprint density at radius 3 is 2.40 bits per heavy atom. The number of aryl methyl sites for hydroxylation is 2. The first-order valence-electron chi connectivity index (χ1n) is 14.6. The number of amides is 2. The Morgan fingerprint density at radius 2 is 1.67 bits per heavy atom. The maximum atomic E-state index is 13.6. The number of hydrogen-bond donors (Lipinski definition) is 1. The standard InChI is InChI=1S/C35H37N3O6S/c1-23-12-14-31(24(2)18-23)35(40)38-17-16-30(22-38)44-29-11-7-10-28(21-29)36-45(41,42)33-20-26(13-15-32(33)43-5)25-8-6-9-27(19-25)34(39)37(3)4/h6-15,18-21,30,36H,16-17,22H2,1-5H3/t30-/m0/s1. The molecule has 9 nitrogen and oxygen atoms in total. The number of methoxy groups -OCH3 is 1. The van der Waals surface area contributed by atoms with E-state index in [-0.39, 0.29) is 28.6 Å². The smallest absolute Gasteiger partial charge is 0.265 e. The van der Waals surface area contributed by atoms with Gasteiger partial charge in [-0.15, -0.1) is 0 Å². The van der Waals surface area contributed by atoms with Crippen molar-refractivity contribution in [3.8, 4) is 22.6 Å². The number of rotatable bonds is 9. The van der Waals surface area contributed by atoms with E-state index in [1.54, 1.807) is 73.6 Å². The fourth-order valence-corrected chi connectivity index (χ4v) is 6.67. The predicted octanol–water partition coefficient (Wildman–Crippen LogP) is 5.78. The molecule has 1 heterocycles. The molecule has 1 N–H and O–H groups in total. The van der Waals surface area contributed by atoms with E-state index in [4.69, 9.17) is 9.47 Å². The topological polar surface area (TPSA) is 105 Å². The molecule has 4 aromatic carbocycles. The Balaban J connectivity index is 1.31. The Labute approximate surface area is 264 Å². The molecule has 10 heteroatoms. The van der Waals surface area contributed by atoms with Crippen LogP contribution in [-0.4, -0.2) is 70.4 Å². The third kappa shape index (κ3) is 7.12. The van der Waals surface area contributed by atoms with Gasteiger partial charge in [0, 0.05) is 44.3 Å². The van der Waals surface area contributed by atoms with Gasteiger partial charge >= 0.3 is 0 Å². The lowest BCUT2D eigenvalue weighted by atomic mass is 10.0. The minimum Gasteiger partial charge on any atom is -0.495 e. The first-order valence-corrected chi connectivity index (χ1v) is 16.1. The second-order valence-electron chi connectivity index (χ2n) is 11.4. The second kappa shape index (κ2) is 13.0. The summed E-state index contributed by atoms with van der Waals surface area (Å²) in [4.78, 5) is 28.9. The van der Waals surface area contributed by atoms with Crippen molar-refractivity contribution >= 4 is 27.5 Å². The van der Waals surface area contributed by atoms with Crippen LogP contribution in [0.1, 0.15) is 38.3 Å². The molecule has 0 bridgehead atoms. The third-order valence-electron chi connectivity index (χ3n) is 7.74. The summed E-state index contributed by atoms with van der Waals surface area (Å²) in [5, 5.41) is 0. The molecule has 0 aromatic heterocycles. The molecule has 45 heavy (non-hydrogen) atoms. The Bertz CT molecular complexity index is 1850. The number of nitrogens with zero attached hydrogens (tertiary/aromatic N) is 2. The molecule has 0 saturated carbocycles. The molecule has 4 aromatic rings. The van der Waals surface area contributed by atoms with Crippen molar-refractivity contribution in [2.45, 2.75) is 31.3 Å². The first kappa shape index (κ1) is 31.6. The van der Waals surface area contributed by atoms with Crippen LogP contribution in [0, 0.1) is 13.8 Å². The van der Waals surface area contributed by atoms with E-state index in [0.717, 1.165) is 11.1 Å². The number of nitrogens with one attached hydrogen (secondary N) is 1. The fraction of sp³-hybridized carbons (Fsp3) is 0.257. The van der Waals surface area contributed by atoms with Crippen LogP contribution in [0.15, 0.2) is 89.8 Å². The number of carbonyl (C=O) groups is 2. The average molecular weight is 628 g/mol. The van der Waals surface area contributed by atoms with Crippen molar-refractivity contribution in [3.63, 3.8) is 0 Å². The Kier molecular flexibility index (Phi) is 9.15. The highest BCUT2D eigenvalue weighted by atomic mass is 32.2. The molecular formula is C35H37N3O6S. The molecule has 2 amide bonds. The average Bonchev–Trinajstić information content (AvgIpc) is 3.48. The highest BCUT2D eigenvalue weighted by molar-refractivity contribution is 7.92. The minimum absolute atomic E-state index is 0.0210. The van der Waals surface area contributed by atoms with Crippen molar-refractivity contribution in [2.75, 3.05) is 39.0 Å². The van der Waals surface area contributed by atoms with E-state index < -0.39 is 10.0 Å². The molecule has 0 aliphatic carbocycles. The number of hydrogen-bond acceptors (Lipinski definition) is 6. The van der Waals surface area contributed by atoms with Crippen molar-refractivity contribution in [2.24, 2.45) is 0 Å². The summed E-state index contributed by atoms with van der Waals surface area (Å²) in [6.45, 7) is 4.95. The van der Waals surface area contributed by atoms with Crippen molar-refractivity contribution < 1.29 is 27.5 Å². The van der Waals surface area contributed by atoms with Gasteiger partial charge in [0.2, 0.25) is 0 Å². The fourth-order valence-electron chi connectivity index (χ4n) is 5.42. The van der Waals surface area contributed by atoms with Gasteiger partial charge in [-0.2, -0.15) is 0 Å². The maximum Gasteiger partial charge on any atom is 0.265 e. The SMILES string of the molecule is COc1ccc(-c2cccc(C(=O)N(C)C)c2)cc1S(=O)(=O)Nc1cccc(O[C@H]2CCN(C(=O)c3ccc(C)cc3C)C2)c1. The number of ether oxygens (including phenoxy) is 2. The minimum atomic E-state index is -4.09. The number of carbonyl (C=O) groups excluding carboxylic acids is 2. The molecule has 0 unspecified atom stereocenters. The zero-order valence-corrected chi connectivity index (χ0v) is 26.9. The predicted molar refractivity (Wildman–Crippen MR) is 175 cm³/mol. The van der Waals surface area contributed by atoms with Crippen LogP contribution in [0.4, 0.5) is 5.69 Å². The number of sulfonamides is 1. The summed E-state index contributed by atoms with van der Waals surface area (Å²) in [7, 11) is 0.677. The molecule has 234 valence electrons. The number of likely N-dealkylation sites (tertiary alicyclic amines) is 1. The Morgan fingerprint density at radius 1 is 0.911 bits per heavy atom. The van der Waals surface area contributed by atoms with Crippen molar-refractivity contribution in [3.05, 3.63) is 107 Å². The summed E-state index contributed by atoms with van der Waals surface area (Å²) in [6, 6.07) is 24.4. The van der Waals surface area contributed by atoms with Gasteiger partial charge in [0.15, 0.2) is 0 Å². The van der Waals surface area contributed by atoms with Crippen LogP contribution < -0.4 is 14.2 Å². The van der Waals surface area contributed by atoms with E-state index in [1.165, 1.54) is 18.1 Å². The van der Waals surface area contributed by atoms with Gasteiger partial charge in [-0.05, 0) is 73.0 Å². The van der Waals surface area contributed by atoms with E-state index >= 15 is 0 Å². The van der Waals surface area contributed by atoms with Crippen molar-refractivity contribution in [1.82, 2.24) is 9.80 Å². The first-order chi connectivity index (χ1) is 21.4. The van der Waals surface area contributed by atoms with Crippen LogP contribution in [0.3, 0.4) is 0 Å². The molecule has 1 fully saturated rings. The van der Waals surface area contributed by atoms with E-state index in [1.807, 2.05) is 38.1 Å². The van der Waals surface area contributed by atoms with Gasteiger partial charge < -0.3 is 19.3 Å². The zero-order chi connectivity index (χ0) is 32.3. The van der Waals surface area contributed by atoms with Gasteiger partial charge in [-0.3, -0.25) is 14.3 Å². The summed E-state index contributed by atoms with van der Waals surface area (Å²) in [5.74, 6) is 0.496. The number of benzene rings is 4. The molecular weight excluding hydrogens is 590 g/mol. The second-order valence-corrected chi connectivity index (χ2v) is 13.0.